The fraction of sp³-hybridized carbons (Fsp3) is 0.316. The lowest BCUT2D eigenvalue weighted by Crippen LogP contribution is -2.29. The fourth-order valence-corrected chi connectivity index (χ4v) is 3.67. The zero-order chi connectivity index (χ0) is 19.2. The van der Waals surface area contributed by atoms with Gasteiger partial charge in [0.25, 0.3) is 0 Å². The van der Waals surface area contributed by atoms with Crippen LogP contribution in [0.25, 0.3) is 16.0 Å². The van der Waals surface area contributed by atoms with Crippen LogP contribution in [-0.2, 0) is 4.74 Å². The van der Waals surface area contributed by atoms with Crippen LogP contribution in [0, 0.1) is 23.8 Å². The van der Waals surface area contributed by atoms with Gasteiger partial charge < -0.3 is 20.3 Å². The Morgan fingerprint density at radius 1 is 1.41 bits per heavy atom. The standard InChI is InChI=1S/C19H18N4O3S/c1-22-17-16(13-2-4-14(5-3-13)26-7-6-24)15(8-20)19(23-18(17)21)27-11-12-9-25-10-12/h2-5,12,24H,6-7,9-11H2,(H2,21,23). The normalized spacial score (nSPS) is 13.4. The number of nitrogen functional groups attached to an aromatic ring is 1. The molecule has 0 atom stereocenters. The van der Waals surface area contributed by atoms with Crippen molar-refractivity contribution in [2.75, 3.05) is 37.9 Å². The molecule has 0 radical (unpaired) electrons. The first-order chi connectivity index (χ1) is 13.2. The molecule has 8 heteroatoms. The zero-order valence-corrected chi connectivity index (χ0v) is 15.3. The summed E-state index contributed by atoms with van der Waals surface area (Å²) in [5.74, 6) is 1.94. The highest BCUT2D eigenvalue weighted by molar-refractivity contribution is 7.99. The Bertz CT molecular complexity index is 899. The minimum absolute atomic E-state index is 0.0737. The third-order valence-corrected chi connectivity index (χ3v) is 5.26. The summed E-state index contributed by atoms with van der Waals surface area (Å²) in [5, 5.41) is 19.1. The minimum atomic E-state index is -0.0737. The Morgan fingerprint density at radius 3 is 2.70 bits per heavy atom. The highest BCUT2D eigenvalue weighted by Crippen LogP contribution is 2.42. The Hall–Kier alpha value is -2.78. The summed E-state index contributed by atoms with van der Waals surface area (Å²) in [7, 11) is 0. The van der Waals surface area contributed by atoms with Crippen LogP contribution in [0.2, 0.25) is 0 Å². The third-order valence-electron chi connectivity index (χ3n) is 4.05. The van der Waals surface area contributed by atoms with E-state index in [2.05, 4.69) is 15.9 Å². The molecule has 3 rings (SSSR count). The van der Waals surface area contributed by atoms with Gasteiger partial charge in [0.05, 0.1) is 32.0 Å². The topological polar surface area (TPSA) is 106 Å². The van der Waals surface area contributed by atoms with Crippen LogP contribution in [-0.4, -0.2) is 42.3 Å². The maximum atomic E-state index is 9.75. The number of aliphatic hydroxyl groups is 1. The average molecular weight is 382 g/mol. The van der Waals surface area contributed by atoms with Crippen molar-refractivity contribution in [1.29, 1.82) is 5.26 Å². The Morgan fingerprint density at radius 2 is 2.15 bits per heavy atom. The highest BCUT2D eigenvalue weighted by Gasteiger charge is 2.23. The molecule has 0 spiro atoms. The van der Waals surface area contributed by atoms with Gasteiger partial charge in [0.15, 0.2) is 0 Å². The number of aliphatic hydroxyl groups excluding tert-OH is 1. The van der Waals surface area contributed by atoms with Crippen LogP contribution in [0.4, 0.5) is 11.5 Å². The number of benzene rings is 1. The monoisotopic (exact) mass is 382 g/mol. The molecule has 3 N–H and O–H groups in total. The summed E-state index contributed by atoms with van der Waals surface area (Å²) in [5.41, 5.74) is 7.72. The van der Waals surface area contributed by atoms with E-state index in [-0.39, 0.29) is 24.7 Å². The molecule has 1 aliphatic heterocycles. The third kappa shape index (κ3) is 4.15. The highest BCUT2D eigenvalue weighted by atomic mass is 32.2. The second kappa shape index (κ2) is 8.74. The van der Waals surface area contributed by atoms with Crippen molar-refractivity contribution in [2.45, 2.75) is 5.03 Å². The van der Waals surface area contributed by atoms with Crippen molar-refractivity contribution >= 4 is 23.3 Å². The molecular formula is C19H18N4O3S. The van der Waals surface area contributed by atoms with Crippen molar-refractivity contribution in [3.05, 3.63) is 41.2 Å². The molecule has 0 bridgehead atoms. The van der Waals surface area contributed by atoms with Crippen LogP contribution in [0.3, 0.4) is 0 Å². The average Bonchev–Trinajstić information content (AvgIpc) is 2.65. The van der Waals surface area contributed by atoms with E-state index in [0.717, 1.165) is 5.75 Å². The Labute approximate surface area is 161 Å². The summed E-state index contributed by atoms with van der Waals surface area (Å²) >= 11 is 1.46. The summed E-state index contributed by atoms with van der Waals surface area (Å²) in [4.78, 5) is 7.81. The van der Waals surface area contributed by atoms with Crippen molar-refractivity contribution in [2.24, 2.45) is 5.92 Å². The first-order valence-electron chi connectivity index (χ1n) is 8.33. The molecule has 1 aliphatic rings. The van der Waals surface area contributed by atoms with Crippen molar-refractivity contribution in [3.63, 3.8) is 0 Å². The van der Waals surface area contributed by atoms with E-state index in [4.69, 9.17) is 26.9 Å². The number of aromatic nitrogens is 1. The Balaban J connectivity index is 2.00. The summed E-state index contributed by atoms with van der Waals surface area (Å²) < 4.78 is 10.5. The smallest absolute Gasteiger partial charge is 0.236 e. The van der Waals surface area contributed by atoms with E-state index in [9.17, 15) is 5.26 Å². The van der Waals surface area contributed by atoms with Crippen molar-refractivity contribution in [1.82, 2.24) is 4.98 Å². The van der Waals surface area contributed by atoms with Gasteiger partial charge in [-0.2, -0.15) is 5.26 Å². The lowest BCUT2D eigenvalue weighted by Gasteiger charge is -2.25. The van der Waals surface area contributed by atoms with E-state index in [1.807, 2.05) is 0 Å². The molecule has 0 saturated carbocycles. The predicted octanol–water partition coefficient (Wildman–Crippen LogP) is 2.86. The van der Waals surface area contributed by atoms with Gasteiger partial charge in [0.2, 0.25) is 5.69 Å². The van der Waals surface area contributed by atoms with Crippen molar-refractivity contribution < 1.29 is 14.6 Å². The number of thioether (sulfide) groups is 1. The number of hydrogen-bond donors (Lipinski definition) is 2. The van der Waals surface area contributed by atoms with Crippen LogP contribution in [0.1, 0.15) is 5.56 Å². The van der Waals surface area contributed by atoms with E-state index < -0.39 is 0 Å². The molecule has 2 aromatic rings. The fourth-order valence-electron chi connectivity index (χ4n) is 2.63. The minimum Gasteiger partial charge on any atom is -0.491 e. The van der Waals surface area contributed by atoms with Crippen LogP contribution in [0.5, 0.6) is 5.75 Å². The predicted molar refractivity (Wildman–Crippen MR) is 103 cm³/mol. The quantitative estimate of drug-likeness (QED) is 0.560. The lowest BCUT2D eigenvalue weighted by molar-refractivity contribution is -0.0196. The maximum absolute atomic E-state index is 9.75. The van der Waals surface area contributed by atoms with Crippen molar-refractivity contribution in [3.8, 4) is 22.9 Å². The molecule has 1 aromatic carbocycles. The van der Waals surface area contributed by atoms with Gasteiger partial charge in [0, 0.05) is 17.2 Å². The number of nitrogens with two attached hydrogens (primary N) is 1. The number of hydrogen-bond acceptors (Lipinski definition) is 7. The molecular weight excluding hydrogens is 364 g/mol. The van der Waals surface area contributed by atoms with Gasteiger partial charge in [0.1, 0.15) is 29.3 Å². The summed E-state index contributed by atoms with van der Waals surface area (Å²) in [6.07, 6.45) is 0. The molecule has 0 unspecified atom stereocenters. The Kier molecular flexibility index (Phi) is 6.15. The van der Waals surface area contributed by atoms with Crippen LogP contribution >= 0.6 is 11.8 Å². The van der Waals surface area contributed by atoms with Gasteiger partial charge in [-0.3, -0.25) is 0 Å². The zero-order valence-electron chi connectivity index (χ0n) is 14.5. The number of pyridine rings is 1. The van der Waals surface area contributed by atoms with E-state index in [1.54, 1.807) is 24.3 Å². The van der Waals surface area contributed by atoms with E-state index in [0.29, 0.717) is 46.6 Å². The lowest BCUT2D eigenvalue weighted by atomic mass is 10.00. The second-order valence-corrected chi connectivity index (χ2v) is 6.94. The largest absolute Gasteiger partial charge is 0.491 e. The molecule has 138 valence electrons. The molecule has 0 amide bonds. The van der Waals surface area contributed by atoms with Gasteiger partial charge in [-0.15, -0.1) is 11.8 Å². The summed E-state index contributed by atoms with van der Waals surface area (Å²) in [6, 6.07) is 9.20. The number of nitriles is 1. The second-order valence-electron chi connectivity index (χ2n) is 5.94. The molecule has 1 fully saturated rings. The van der Waals surface area contributed by atoms with Gasteiger partial charge in [-0.05, 0) is 17.7 Å². The molecule has 0 aliphatic carbocycles. The van der Waals surface area contributed by atoms with Gasteiger partial charge in [-0.25, -0.2) is 9.83 Å². The molecule has 7 nitrogen and oxygen atoms in total. The van der Waals surface area contributed by atoms with Gasteiger partial charge >= 0.3 is 0 Å². The van der Waals surface area contributed by atoms with E-state index >= 15 is 0 Å². The number of ether oxygens (including phenoxy) is 2. The van der Waals surface area contributed by atoms with Gasteiger partial charge in [-0.1, -0.05) is 12.1 Å². The number of rotatable bonds is 7. The first kappa shape index (κ1) is 19.0. The molecule has 1 aromatic heterocycles. The molecule has 27 heavy (non-hydrogen) atoms. The number of nitrogens with zero attached hydrogens (tertiary/aromatic N) is 3. The number of anilines is 1. The SMILES string of the molecule is [C-]#[N+]c1c(N)nc(SCC2COC2)c(C#N)c1-c1ccc(OCCO)cc1. The summed E-state index contributed by atoms with van der Waals surface area (Å²) in [6.45, 7) is 9.03. The molecule has 2 heterocycles. The molecule has 1 saturated heterocycles. The maximum Gasteiger partial charge on any atom is 0.236 e. The van der Waals surface area contributed by atoms with Crippen LogP contribution < -0.4 is 10.5 Å². The first-order valence-corrected chi connectivity index (χ1v) is 9.32. The van der Waals surface area contributed by atoms with E-state index in [1.165, 1.54) is 11.8 Å². The van der Waals surface area contributed by atoms with Crippen LogP contribution in [0.15, 0.2) is 29.3 Å².